The van der Waals surface area contributed by atoms with Crippen molar-refractivity contribution in [3.8, 4) is 11.6 Å². The second kappa shape index (κ2) is 6.33. The van der Waals surface area contributed by atoms with Crippen molar-refractivity contribution in [2.45, 2.75) is 26.2 Å². The van der Waals surface area contributed by atoms with Gasteiger partial charge in [0.05, 0.1) is 5.02 Å². The topological polar surface area (TPSA) is 48.1 Å². The first kappa shape index (κ1) is 14.9. The molecule has 1 unspecified atom stereocenters. The normalized spacial score (nSPS) is 12.2. The van der Waals surface area contributed by atoms with Gasteiger partial charge in [-0.05, 0) is 36.1 Å². The Balaban J connectivity index is 2.20. The molecule has 0 radical (unpaired) electrons. The third kappa shape index (κ3) is 3.35. The molecule has 0 bridgehead atoms. The zero-order valence-electron chi connectivity index (χ0n) is 11.4. The Labute approximate surface area is 128 Å². The standard InChI is InChI=1S/C15H16Cl2N2O/c1-3-9(2)10-4-6-11(7-5-10)20-15-13(17)8-12(16)14(18)19-15/h4-9H,3H2,1-2H3,(H2,18,19). The van der Waals surface area contributed by atoms with Gasteiger partial charge in [0.25, 0.3) is 0 Å². The van der Waals surface area contributed by atoms with E-state index in [4.69, 9.17) is 33.7 Å². The zero-order valence-corrected chi connectivity index (χ0v) is 12.9. The van der Waals surface area contributed by atoms with Gasteiger partial charge in [-0.15, -0.1) is 0 Å². The van der Waals surface area contributed by atoms with Crippen molar-refractivity contribution in [1.29, 1.82) is 0 Å². The molecule has 0 aliphatic carbocycles. The van der Waals surface area contributed by atoms with Crippen LogP contribution < -0.4 is 10.5 Å². The van der Waals surface area contributed by atoms with Crippen molar-refractivity contribution < 1.29 is 4.74 Å². The number of rotatable bonds is 4. The summed E-state index contributed by atoms with van der Waals surface area (Å²) in [6.45, 7) is 4.35. The van der Waals surface area contributed by atoms with E-state index in [1.165, 1.54) is 11.6 Å². The summed E-state index contributed by atoms with van der Waals surface area (Å²) in [5.41, 5.74) is 6.92. The summed E-state index contributed by atoms with van der Waals surface area (Å²) in [6.07, 6.45) is 1.10. The molecule has 2 rings (SSSR count). The van der Waals surface area contributed by atoms with Gasteiger partial charge >= 0.3 is 0 Å². The maximum Gasteiger partial charge on any atom is 0.240 e. The summed E-state index contributed by atoms with van der Waals surface area (Å²) in [5.74, 6) is 1.64. The fraction of sp³-hybridized carbons (Fsp3) is 0.267. The Kier molecular flexibility index (Phi) is 4.73. The number of anilines is 1. The van der Waals surface area contributed by atoms with Gasteiger partial charge in [0, 0.05) is 0 Å². The lowest BCUT2D eigenvalue weighted by molar-refractivity contribution is 0.464. The molecule has 0 spiro atoms. The molecule has 2 aromatic rings. The third-order valence-corrected chi connectivity index (χ3v) is 3.77. The van der Waals surface area contributed by atoms with E-state index in [9.17, 15) is 0 Å². The van der Waals surface area contributed by atoms with E-state index in [1.807, 2.05) is 24.3 Å². The van der Waals surface area contributed by atoms with Crippen molar-refractivity contribution in [3.63, 3.8) is 0 Å². The SMILES string of the molecule is CCC(C)c1ccc(Oc2nc(N)c(Cl)cc2Cl)cc1. The maximum absolute atomic E-state index is 6.03. The molecular weight excluding hydrogens is 295 g/mol. The molecule has 1 aromatic heterocycles. The van der Waals surface area contributed by atoms with E-state index >= 15 is 0 Å². The molecule has 0 saturated heterocycles. The predicted molar refractivity (Wildman–Crippen MR) is 83.9 cm³/mol. The van der Waals surface area contributed by atoms with Crippen LogP contribution in [0.4, 0.5) is 5.82 Å². The van der Waals surface area contributed by atoms with Crippen LogP contribution in [-0.4, -0.2) is 4.98 Å². The average molecular weight is 311 g/mol. The van der Waals surface area contributed by atoms with E-state index in [-0.39, 0.29) is 11.7 Å². The lowest BCUT2D eigenvalue weighted by Gasteiger charge is -2.11. The largest absolute Gasteiger partial charge is 0.437 e. The molecule has 0 fully saturated rings. The van der Waals surface area contributed by atoms with Crippen LogP contribution >= 0.6 is 23.2 Å². The van der Waals surface area contributed by atoms with Crippen molar-refractivity contribution in [2.75, 3.05) is 5.73 Å². The van der Waals surface area contributed by atoms with Crippen LogP contribution in [0.15, 0.2) is 30.3 Å². The molecule has 106 valence electrons. The number of pyridine rings is 1. The Morgan fingerprint density at radius 1 is 1.20 bits per heavy atom. The van der Waals surface area contributed by atoms with Gasteiger partial charge in [-0.25, -0.2) is 0 Å². The quantitative estimate of drug-likeness (QED) is 0.836. The van der Waals surface area contributed by atoms with Gasteiger partial charge in [-0.3, -0.25) is 0 Å². The van der Waals surface area contributed by atoms with Gasteiger partial charge in [0.15, 0.2) is 0 Å². The van der Waals surface area contributed by atoms with Gasteiger partial charge in [0.1, 0.15) is 16.6 Å². The monoisotopic (exact) mass is 310 g/mol. The van der Waals surface area contributed by atoms with Crippen LogP contribution in [-0.2, 0) is 0 Å². The lowest BCUT2D eigenvalue weighted by Crippen LogP contribution is -1.96. The molecule has 5 heteroatoms. The smallest absolute Gasteiger partial charge is 0.240 e. The number of nitrogens with two attached hydrogens (primary N) is 1. The van der Waals surface area contributed by atoms with Gasteiger partial charge in [-0.1, -0.05) is 49.2 Å². The van der Waals surface area contributed by atoms with E-state index in [2.05, 4.69) is 18.8 Å². The van der Waals surface area contributed by atoms with Crippen molar-refractivity contribution in [2.24, 2.45) is 0 Å². The van der Waals surface area contributed by atoms with Crippen molar-refractivity contribution in [1.82, 2.24) is 4.98 Å². The number of nitrogen functional groups attached to an aromatic ring is 1. The number of aromatic nitrogens is 1. The molecule has 0 amide bonds. The summed E-state index contributed by atoms with van der Waals surface area (Å²) >= 11 is 11.9. The first-order chi connectivity index (χ1) is 9.51. The number of hydrogen-bond donors (Lipinski definition) is 1. The van der Waals surface area contributed by atoms with Crippen LogP contribution in [0.1, 0.15) is 31.7 Å². The molecule has 0 aliphatic heterocycles. The van der Waals surface area contributed by atoms with Crippen molar-refractivity contribution in [3.05, 3.63) is 45.9 Å². The molecule has 0 aliphatic rings. The second-order valence-electron chi connectivity index (χ2n) is 4.62. The van der Waals surface area contributed by atoms with E-state index in [0.717, 1.165) is 6.42 Å². The van der Waals surface area contributed by atoms with E-state index in [1.54, 1.807) is 0 Å². The Bertz CT molecular complexity index is 600. The van der Waals surface area contributed by atoms with Crippen LogP contribution in [0.2, 0.25) is 10.0 Å². The fourth-order valence-corrected chi connectivity index (χ4v) is 2.14. The van der Waals surface area contributed by atoms with Gasteiger partial charge in [-0.2, -0.15) is 4.98 Å². The minimum atomic E-state index is 0.197. The minimum absolute atomic E-state index is 0.197. The van der Waals surface area contributed by atoms with E-state index in [0.29, 0.717) is 21.7 Å². The molecule has 0 saturated carbocycles. The number of nitrogens with zero attached hydrogens (tertiary/aromatic N) is 1. The summed E-state index contributed by atoms with van der Waals surface area (Å²) < 4.78 is 5.63. The molecule has 1 heterocycles. The highest BCUT2D eigenvalue weighted by molar-refractivity contribution is 6.36. The maximum atomic E-state index is 6.03. The van der Waals surface area contributed by atoms with Crippen LogP contribution in [0.5, 0.6) is 11.6 Å². The molecule has 20 heavy (non-hydrogen) atoms. The number of hydrogen-bond acceptors (Lipinski definition) is 3. The predicted octanol–water partition coefficient (Wildman–Crippen LogP) is 5.28. The molecule has 3 nitrogen and oxygen atoms in total. The third-order valence-electron chi connectivity index (χ3n) is 3.20. The number of halogens is 2. The Morgan fingerprint density at radius 3 is 2.45 bits per heavy atom. The van der Waals surface area contributed by atoms with Crippen molar-refractivity contribution >= 4 is 29.0 Å². The Hall–Kier alpha value is -1.45. The summed E-state index contributed by atoms with van der Waals surface area (Å²) in [7, 11) is 0. The van der Waals surface area contributed by atoms with Crippen LogP contribution in [0.3, 0.4) is 0 Å². The summed E-state index contributed by atoms with van der Waals surface area (Å²) in [5, 5.41) is 0.643. The van der Waals surface area contributed by atoms with Gasteiger partial charge in [0.2, 0.25) is 5.88 Å². The fourth-order valence-electron chi connectivity index (χ4n) is 1.75. The minimum Gasteiger partial charge on any atom is -0.437 e. The second-order valence-corrected chi connectivity index (χ2v) is 5.44. The molecule has 2 N–H and O–H groups in total. The first-order valence-corrected chi connectivity index (χ1v) is 7.16. The zero-order chi connectivity index (χ0) is 14.7. The summed E-state index contributed by atoms with van der Waals surface area (Å²) in [4.78, 5) is 4.03. The highest BCUT2D eigenvalue weighted by Crippen LogP contribution is 2.32. The van der Waals surface area contributed by atoms with Crippen LogP contribution in [0, 0.1) is 0 Å². The number of benzene rings is 1. The highest BCUT2D eigenvalue weighted by Gasteiger charge is 2.10. The highest BCUT2D eigenvalue weighted by atomic mass is 35.5. The molecule has 1 atom stereocenters. The van der Waals surface area contributed by atoms with Gasteiger partial charge < -0.3 is 10.5 Å². The first-order valence-electron chi connectivity index (χ1n) is 6.40. The lowest BCUT2D eigenvalue weighted by atomic mass is 9.99. The molecular formula is C15H16Cl2N2O. The number of ether oxygens (including phenoxy) is 1. The molecule has 1 aromatic carbocycles. The van der Waals surface area contributed by atoms with E-state index < -0.39 is 0 Å². The average Bonchev–Trinajstić information content (AvgIpc) is 2.44. The van der Waals surface area contributed by atoms with Crippen LogP contribution in [0.25, 0.3) is 0 Å². The Morgan fingerprint density at radius 2 is 1.85 bits per heavy atom. The summed E-state index contributed by atoms with van der Waals surface area (Å²) in [6, 6.07) is 9.39.